The summed E-state index contributed by atoms with van der Waals surface area (Å²) in [5, 5.41) is 3.54. The standard InChI is InChI=1S/C14H30N2O2S/c1-6-12(2)13-11-16(8-7-15-13)9-10-19(17,18)14(3,4)5/h12-13,15H,6-11H2,1-5H3. The van der Waals surface area contributed by atoms with Crippen LogP contribution in [0.2, 0.25) is 0 Å². The zero-order chi connectivity index (χ0) is 14.7. The lowest BCUT2D eigenvalue weighted by atomic mass is 9.97. The monoisotopic (exact) mass is 290 g/mol. The summed E-state index contributed by atoms with van der Waals surface area (Å²) in [6, 6.07) is 0.496. The van der Waals surface area contributed by atoms with Crippen molar-refractivity contribution in [3.8, 4) is 0 Å². The Morgan fingerprint density at radius 1 is 1.37 bits per heavy atom. The maximum Gasteiger partial charge on any atom is 0.156 e. The normalized spacial score (nSPS) is 24.4. The van der Waals surface area contributed by atoms with Gasteiger partial charge < -0.3 is 5.32 Å². The molecular weight excluding hydrogens is 260 g/mol. The van der Waals surface area contributed by atoms with E-state index in [1.165, 1.54) is 0 Å². The molecule has 0 aromatic carbocycles. The molecule has 1 saturated heterocycles. The fraction of sp³-hybridized carbons (Fsp3) is 1.00. The van der Waals surface area contributed by atoms with E-state index < -0.39 is 14.6 Å². The second-order valence-electron chi connectivity index (χ2n) is 6.68. The Morgan fingerprint density at radius 2 is 2.00 bits per heavy atom. The molecule has 2 unspecified atom stereocenters. The molecular formula is C14H30N2O2S. The largest absolute Gasteiger partial charge is 0.311 e. The summed E-state index contributed by atoms with van der Waals surface area (Å²) >= 11 is 0. The molecule has 1 fully saturated rings. The molecule has 0 saturated carbocycles. The Bertz CT molecular complexity index is 373. The topological polar surface area (TPSA) is 49.4 Å². The highest BCUT2D eigenvalue weighted by molar-refractivity contribution is 7.92. The first kappa shape index (κ1) is 16.9. The Balaban J connectivity index is 2.50. The van der Waals surface area contributed by atoms with E-state index in [4.69, 9.17) is 0 Å². The Kier molecular flexibility index (Phi) is 5.83. The summed E-state index contributed by atoms with van der Waals surface area (Å²) in [4.78, 5) is 2.29. The molecule has 5 heteroatoms. The number of nitrogens with zero attached hydrogens (tertiary/aromatic N) is 1. The molecule has 1 heterocycles. The van der Waals surface area contributed by atoms with Crippen molar-refractivity contribution in [2.45, 2.75) is 51.8 Å². The van der Waals surface area contributed by atoms with Gasteiger partial charge in [0.15, 0.2) is 9.84 Å². The quantitative estimate of drug-likeness (QED) is 0.834. The average molecular weight is 290 g/mol. The van der Waals surface area contributed by atoms with Gasteiger partial charge in [0.2, 0.25) is 0 Å². The summed E-state index contributed by atoms with van der Waals surface area (Å²) in [5.74, 6) is 0.908. The van der Waals surface area contributed by atoms with Gasteiger partial charge in [-0.05, 0) is 26.7 Å². The zero-order valence-corrected chi connectivity index (χ0v) is 13.9. The maximum atomic E-state index is 12.1. The summed E-state index contributed by atoms with van der Waals surface area (Å²) in [7, 11) is -3.00. The summed E-state index contributed by atoms with van der Waals surface area (Å²) < 4.78 is 23.6. The zero-order valence-electron chi connectivity index (χ0n) is 13.1. The van der Waals surface area contributed by atoms with Crippen LogP contribution in [0.1, 0.15) is 41.0 Å². The molecule has 1 N–H and O–H groups in total. The second-order valence-corrected chi connectivity index (χ2v) is 9.54. The highest BCUT2D eigenvalue weighted by atomic mass is 32.2. The summed E-state index contributed by atoms with van der Waals surface area (Å²) in [5.41, 5.74) is 0. The molecule has 0 aromatic heterocycles. The number of nitrogens with one attached hydrogen (secondary N) is 1. The van der Waals surface area contributed by atoms with E-state index >= 15 is 0 Å². The van der Waals surface area contributed by atoms with E-state index in [2.05, 4.69) is 24.1 Å². The predicted molar refractivity (Wildman–Crippen MR) is 81.2 cm³/mol. The third-order valence-electron chi connectivity index (χ3n) is 4.23. The Morgan fingerprint density at radius 3 is 2.53 bits per heavy atom. The molecule has 1 rings (SSSR count). The van der Waals surface area contributed by atoms with Crippen LogP contribution >= 0.6 is 0 Å². The number of hydrogen-bond acceptors (Lipinski definition) is 4. The molecule has 4 nitrogen and oxygen atoms in total. The first-order chi connectivity index (χ1) is 8.67. The van der Waals surface area contributed by atoms with Crippen LogP contribution in [0.4, 0.5) is 0 Å². The van der Waals surface area contributed by atoms with Gasteiger partial charge in [0.05, 0.1) is 10.5 Å². The minimum atomic E-state index is -3.00. The van der Waals surface area contributed by atoms with Gasteiger partial charge in [0, 0.05) is 32.2 Å². The Labute approximate surface area is 118 Å². The molecule has 19 heavy (non-hydrogen) atoms. The fourth-order valence-electron chi connectivity index (χ4n) is 2.27. The van der Waals surface area contributed by atoms with Crippen LogP contribution in [0, 0.1) is 5.92 Å². The number of sulfone groups is 1. The lowest BCUT2D eigenvalue weighted by Crippen LogP contribution is -2.54. The van der Waals surface area contributed by atoms with Crippen LogP contribution in [0.3, 0.4) is 0 Å². The molecule has 114 valence electrons. The van der Waals surface area contributed by atoms with Crippen LogP contribution in [0.15, 0.2) is 0 Å². The SMILES string of the molecule is CCC(C)C1CN(CCS(=O)(=O)C(C)(C)C)CCN1. The van der Waals surface area contributed by atoms with Crippen molar-refractivity contribution in [3.63, 3.8) is 0 Å². The van der Waals surface area contributed by atoms with Crippen LogP contribution in [0.5, 0.6) is 0 Å². The number of piperazine rings is 1. The number of hydrogen-bond donors (Lipinski definition) is 1. The molecule has 0 spiro atoms. The third kappa shape index (κ3) is 4.72. The third-order valence-corrected chi connectivity index (χ3v) is 6.82. The van der Waals surface area contributed by atoms with Crippen molar-refractivity contribution in [3.05, 3.63) is 0 Å². The molecule has 0 aliphatic carbocycles. The van der Waals surface area contributed by atoms with Crippen LogP contribution in [-0.4, -0.2) is 56.0 Å². The minimum Gasteiger partial charge on any atom is -0.311 e. The highest BCUT2D eigenvalue weighted by Gasteiger charge is 2.30. The van der Waals surface area contributed by atoms with E-state index in [0.717, 1.165) is 26.1 Å². The Hall–Kier alpha value is -0.130. The van der Waals surface area contributed by atoms with Crippen molar-refractivity contribution < 1.29 is 8.42 Å². The molecule has 2 atom stereocenters. The highest BCUT2D eigenvalue weighted by Crippen LogP contribution is 2.17. The van der Waals surface area contributed by atoms with E-state index in [0.29, 0.717) is 18.5 Å². The van der Waals surface area contributed by atoms with E-state index in [1.807, 2.05) is 0 Å². The van der Waals surface area contributed by atoms with E-state index in [-0.39, 0.29) is 5.75 Å². The van der Waals surface area contributed by atoms with Gasteiger partial charge in [-0.25, -0.2) is 8.42 Å². The molecule has 0 radical (unpaired) electrons. The smallest absolute Gasteiger partial charge is 0.156 e. The van der Waals surface area contributed by atoms with Crippen molar-refractivity contribution >= 4 is 9.84 Å². The van der Waals surface area contributed by atoms with Crippen molar-refractivity contribution in [1.29, 1.82) is 0 Å². The van der Waals surface area contributed by atoms with Crippen LogP contribution in [-0.2, 0) is 9.84 Å². The van der Waals surface area contributed by atoms with Crippen molar-refractivity contribution in [1.82, 2.24) is 10.2 Å². The summed E-state index contributed by atoms with van der Waals surface area (Å²) in [6.07, 6.45) is 1.16. The fourth-order valence-corrected chi connectivity index (χ4v) is 3.38. The molecule has 0 amide bonds. The van der Waals surface area contributed by atoms with E-state index in [1.54, 1.807) is 20.8 Å². The molecule has 1 aliphatic heterocycles. The van der Waals surface area contributed by atoms with Gasteiger partial charge in [0.25, 0.3) is 0 Å². The van der Waals surface area contributed by atoms with Crippen molar-refractivity contribution in [2.75, 3.05) is 31.9 Å². The molecule has 0 bridgehead atoms. The first-order valence-electron chi connectivity index (χ1n) is 7.35. The van der Waals surface area contributed by atoms with Crippen LogP contribution < -0.4 is 5.32 Å². The van der Waals surface area contributed by atoms with Crippen LogP contribution in [0.25, 0.3) is 0 Å². The van der Waals surface area contributed by atoms with E-state index in [9.17, 15) is 8.42 Å². The summed E-state index contributed by atoms with van der Waals surface area (Å²) in [6.45, 7) is 13.3. The van der Waals surface area contributed by atoms with Gasteiger partial charge in [-0.3, -0.25) is 4.90 Å². The molecule has 0 aromatic rings. The van der Waals surface area contributed by atoms with Gasteiger partial charge in [-0.15, -0.1) is 0 Å². The predicted octanol–water partition coefficient (Wildman–Crippen LogP) is 1.52. The molecule has 1 aliphatic rings. The van der Waals surface area contributed by atoms with Gasteiger partial charge in [-0.1, -0.05) is 20.3 Å². The van der Waals surface area contributed by atoms with Gasteiger partial charge in [0.1, 0.15) is 0 Å². The second kappa shape index (κ2) is 6.55. The lowest BCUT2D eigenvalue weighted by molar-refractivity contribution is 0.176. The van der Waals surface area contributed by atoms with Crippen molar-refractivity contribution in [2.24, 2.45) is 5.92 Å². The maximum absolute atomic E-state index is 12.1. The average Bonchev–Trinajstić information content (AvgIpc) is 2.34. The first-order valence-corrected chi connectivity index (χ1v) is 9.00. The lowest BCUT2D eigenvalue weighted by Gasteiger charge is -2.36. The minimum absolute atomic E-state index is 0.268. The van der Waals surface area contributed by atoms with Gasteiger partial charge >= 0.3 is 0 Å². The number of rotatable bonds is 5. The van der Waals surface area contributed by atoms with Gasteiger partial charge in [-0.2, -0.15) is 0 Å².